The highest BCUT2D eigenvalue weighted by molar-refractivity contribution is 5.85. The Morgan fingerprint density at radius 3 is 2.77 bits per heavy atom. The third-order valence-corrected chi connectivity index (χ3v) is 10.1. The predicted molar refractivity (Wildman–Crippen MR) is 153 cm³/mol. The molecule has 8 nitrogen and oxygen atoms in total. The number of anilines is 1. The summed E-state index contributed by atoms with van der Waals surface area (Å²) in [5, 5.41) is 33.5. The highest BCUT2D eigenvalue weighted by atomic mass is 16.6. The SMILES string of the molecule is C/C(=C\CNc1ccnc2c1ncn2[C@@H]1O[C@H](CO)C(O)C1O)CC[C@@]1(C)[C@@H]2CCCC(C)(C)C2=CC[C@@H]1C. The molecule has 0 bridgehead atoms. The molecule has 4 N–H and O–H groups in total. The molecule has 2 unspecified atom stereocenters. The molecule has 8 heteroatoms. The Balaban J connectivity index is 1.23. The molecule has 2 aromatic rings. The van der Waals surface area contributed by atoms with Gasteiger partial charge in [0.25, 0.3) is 0 Å². The minimum atomic E-state index is -1.18. The van der Waals surface area contributed by atoms with Gasteiger partial charge in [0, 0.05) is 12.7 Å². The van der Waals surface area contributed by atoms with Gasteiger partial charge in [0.1, 0.15) is 23.8 Å². The van der Waals surface area contributed by atoms with Crippen molar-refractivity contribution in [1.29, 1.82) is 0 Å². The van der Waals surface area contributed by atoms with Gasteiger partial charge in [-0.25, -0.2) is 9.97 Å². The van der Waals surface area contributed by atoms with Gasteiger partial charge >= 0.3 is 0 Å². The maximum absolute atomic E-state index is 10.4. The Hall–Kier alpha value is -2.26. The van der Waals surface area contributed by atoms with Gasteiger partial charge in [-0.1, -0.05) is 57.4 Å². The summed E-state index contributed by atoms with van der Waals surface area (Å²) in [6.07, 6.45) is 11.5. The summed E-state index contributed by atoms with van der Waals surface area (Å²) in [4.78, 5) is 8.96. The van der Waals surface area contributed by atoms with E-state index >= 15 is 0 Å². The number of pyridine rings is 1. The number of rotatable bonds is 8. The van der Waals surface area contributed by atoms with Crippen LogP contribution in [0.5, 0.6) is 0 Å². The van der Waals surface area contributed by atoms with Crippen molar-refractivity contribution in [3.05, 3.63) is 41.9 Å². The number of hydrogen-bond donors (Lipinski definition) is 4. The van der Waals surface area contributed by atoms with Crippen LogP contribution in [0.15, 0.2) is 41.9 Å². The molecule has 0 aromatic carbocycles. The topological polar surface area (TPSA) is 113 Å². The number of nitrogens with zero attached hydrogens (tertiary/aromatic N) is 3. The van der Waals surface area contributed by atoms with E-state index in [1.54, 1.807) is 22.7 Å². The van der Waals surface area contributed by atoms with Crippen LogP contribution >= 0.6 is 0 Å². The van der Waals surface area contributed by atoms with Crippen LogP contribution in [-0.4, -0.2) is 61.3 Å². The number of hydrogen-bond acceptors (Lipinski definition) is 7. The second-order valence-corrected chi connectivity index (χ2v) is 13.0. The zero-order chi connectivity index (χ0) is 27.9. The van der Waals surface area contributed by atoms with E-state index in [0.717, 1.165) is 12.1 Å². The first-order valence-corrected chi connectivity index (χ1v) is 14.6. The third kappa shape index (κ3) is 5.17. The fraction of sp³-hybridized carbons (Fsp3) is 0.677. The molecule has 1 saturated heterocycles. The first kappa shape index (κ1) is 28.3. The lowest BCUT2D eigenvalue weighted by molar-refractivity contribution is -0.0511. The first-order valence-electron chi connectivity index (χ1n) is 14.6. The highest BCUT2D eigenvalue weighted by Gasteiger charge is 2.48. The van der Waals surface area contributed by atoms with E-state index in [2.05, 4.69) is 62.1 Å². The molecule has 3 heterocycles. The van der Waals surface area contributed by atoms with Gasteiger partial charge < -0.3 is 25.4 Å². The van der Waals surface area contributed by atoms with Gasteiger partial charge in [0.15, 0.2) is 11.9 Å². The summed E-state index contributed by atoms with van der Waals surface area (Å²) in [6, 6.07) is 1.89. The fourth-order valence-corrected chi connectivity index (χ4v) is 7.24. The number of nitrogens with one attached hydrogen (secondary N) is 1. The number of fused-ring (bicyclic) bond motifs is 2. The van der Waals surface area contributed by atoms with Crippen LogP contribution in [-0.2, 0) is 4.74 Å². The van der Waals surface area contributed by atoms with Gasteiger partial charge in [0.2, 0.25) is 0 Å². The molecule has 0 spiro atoms. The Labute approximate surface area is 232 Å². The van der Waals surface area contributed by atoms with Crippen molar-refractivity contribution in [3.8, 4) is 0 Å². The number of aliphatic hydroxyl groups excluding tert-OH is 3. The average Bonchev–Trinajstić information content (AvgIpc) is 3.46. The Bertz CT molecular complexity index is 1240. The molecule has 214 valence electrons. The van der Waals surface area contributed by atoms with E-state index in [1.165, 1.54) is 37.7 Å². The lowest BCUT2D eigenvalue weighted by Gasteiger charge is -2.53. The average molecular weight is 539 g/mol. The summed E-state index contributed by atoms with van der Waals surface area (Å²) in [5.74, 6) is 1.40. The Kier molecular flexibility index (Phi) is 7.94. The van der Waals surface area contributed by atoms with E-state index in [1.807, 2.05) is 6.07 Å². The van der Waals surface area contributed by atoms with Crippen molar-refractivity contribution >= 4 is 16.9 Å². The quantitative estimate of drug-likeness (QED) is 0.351. The van der Waals surface area contributed by atoms with Gasteiger partial charge in [-0.05, 0) is 67.8 Å². The molecule has 3 aliphatic rings. The van der Waals surface area contributed by atoms with Gasteiger partial charge in [-0.15, -0.1) is 0 Å². The van der Waals surface area contributed by atoms with Crippen molar-refractivity contribution < 1.29 is 20.1 Å². The van der Waals surface area contributed by atoms with Crippen LogP contribution in [0.2, 0.25) is 0 Å². The molecule has 2 aromatic heterocycles. The zero-order valence-electron chi connectivity index (χ0n) is 24.1. The van der Waals surface area contributed by atoms with E-state index < -0.39 is 24.5 Å². The van der Waals surface area contributed by atoms with E-state index in [0.29, 0.717) is 40.4 Å². The normalized spacial score (nSPS) is 34.7. The minimum Gasteiger partial charge on any atom is -0.394 e. The van der Waals surface area contributed by atoms with Gasteiger partial charge in [-0.2, -0.15) is 0 Å². The van der Waals surface area contributed by atoms with Crippen LogP contribution in [0.3, 0.4) is 0 Å². The molecule has 0 amide bonds. The van der Waals surface area contributed by atoms with Crippen LogP contribution < -0.4 is 5.32 Å². The maximum Gasteiger partial charge on any atom is 0.165 e. The molecule has 2 aliphatic carbocycles. The van der Waals surface area contributed by atoms with Crippen LogP contribution in [0.1, 0.15) is 79.4 Å². The zero-order valence-corrected chi connectivity index (χ0v) is 24.1. The second-order valence-electron chi connectivity index (χ2n) is 13.0. The monoisotopic (exact) mass is 538 g/mol. The van der Waals surface area contributed by atoms with E-state index in [9.17, 15) is 15.3 Å². The molecule has 1 saturated carbocycles. The lowest BCUT2D eigenvalue weighted by Crippen LogP contribution is -2.43. The van der Waals surface area contributed by atoms with Crippen LogP contribution in [0.25, 0.3) is 11.2 Å². The number of allylic oxidation sites excluding steroid dienone is 3. The van der Waals surface area contributed by atoms with Gasteiger partial charge in [-0.3, -0.25) is 4.57 Å². The van der Waals surface area contributed by atoms with Crippen molar-refractivity contribution in [3.63, 3.8) is 0 Å². The molecule has 0 radical (unpaired) electrons. The van der Waals surface area contributed by atoms with Crippen LogP contribution in [0, 0.1) is 22.7 Å². The largest absolute Gasteiger partial charge is 0.394 e. The molecular weight excluding hydrogens is 492 g/mol. The fourth-order valence-electron chi connectivity index (χ4n) is 7.24. The second kappa shape index (κ2) is 11.0. The number of aromatic nitrogens is 3. The van der Waals surface area contributed by atoms with Gasteiger partial charge in [0.05, 0.1) is 18.6 Å². The van der Waals surface area contributed by atoms with Crippen molar-refractivity contribution in [1.82, 2.24) is 14.5 Å². The first-order chi connectivity index (χ1) is 18.6. The summed E-state index contributed by atoms with van der Waals surface area (Å²) in [7, 11) is 0. The summed E-state index contributed by atoms with van der Waals surface area (Å²) in [6.45, 7) is 12.4. The van der Waals surface area contributed by atoms with E-state index in [4.69, 9.17) is 4.74 Å². The maximum atomic E-state index is 10.4. The molecule has 39 heavy (non-hydrogen) atoms. The summed E-state index contributed by atoms with van der Waals surface area (Å²) < 4.78 is 7.29. The predicted octanol–water partition coefficient (Wildman–Crippen LogP) is 4.98. The lowest BCUT2D eigenvalue weighted by atomic mass is 9.52. The number of imidazole rings is 1. The molecule has 2 fully saturated rings. The van der Waals surface area contributed by atoms with E-state index in [-0.39, 0.29) is 6.61 Å². The summed E-state index contributed by atoms with van der Waals surface area (Å²) >= 11 is 0. The molecule has 7 atom stereocenters. The number of ether oxygens (including phenoxy) is 1. The smallest absolute Gasteiger partial charge is 0.165 e. The van der Waals surface area contributed by atoms with Crippen molar-refractivity contribution in [2.75, 3.05) is 18.5 Å². The Morgan fingerprint density at radius 2 is 2.03 bits per heavy atom. The molecule has 5 rings (SSSR count). The summed E-state index contributed by atoms with van der Waals surface area (Å²) in [5.41, 5.74) is 5.86. The third-order valence-electron chi connectivity index (χ3n) is 10.1. The standard InChI is InChI=1S/C31H46N4O4/c1-19(10-14-31(5)20(2)8-9-21-22(31)7-6-13-30(21,3)4)11-15-32-23-12-16-33-28-25(23)34-18-35(28)29-27(38)26(37)24(17-36)39-29/h9,11-12,16,18,20,22,24,26-27,29,36-38H,6-8,10,13-15,17H2,1-5H3,(H,32,33)/b19-11+/t20-,22+,24+,26?,27?,29+,31+/m0/s1. The van der Waals surface area contributed by atoms with Crippen molar-refractivity contribution in [2.24, 2.45) is 22.7 Å². The Morgan fingerprint density at radius 1 is 1.23 bits per heavy atom. The highest BCUT2D eigenvalue weighted by Crippen LogP contribution is 2.58. The van der Waals surface area contributed by atoms with Crippen LogP contribution in [0.4, 0.5) is 5.69 Å². The minimum absolute atomic E-state index is 0.337. The molecule has 1 aliphatic heterocycles. The number of aliphatic hydroxyl groups is 3. The van der Waals surface area contributed by atoms with Crippen molar-refractivity contribution in [2.45, 2.75) is 97.7 Å². The molecular formula is C31H46N4O4.